The lowest BCUT2D eigenvalue weighted by Crippen LogP contribution is -2.38. The number of phenols is 1. The molecule has 0 bridgehead atoms. The molecule has 16 heteroatoms. The standard InChI is InChI=1S/C10H12O4S.C9H10N2O4.C6H6N2O3/c1-8-2-4-10(5-3-8)15(11,12)14-9-6-13-7-9;10-8-2-1-6(3-9(8)11(12)13)15-7-4-14-5-7;7-5-2-1-4(9)3-6(5)8(10)11/h2-5,9H,6-7H2,1H3;1-3,7H,4-5,10H2;1-3,9H,7H2. The van der Waals surface area contributed by atoms with Crippen molar-refractivity contribution < 1.29 is 41.8 Å². The Morgan fingerprint density at radius 3 is 1.80 bits per heavy atom. The van der Waals surface area contributed by atoms with Crippen molar-refractivity contribution in [2.24, 2.45) is 0 Å². The van der Waals surface area contributed by atoms with Gasteiger partial charge < -0.3 is 30.8 Å². The highest BCUT2D eigenvalue weighted by Gasteiger charge is 2.27. The summed E-state index contributed by atoms with van der Waals surface area (Å²) < 4.78 is 43.5. The quantitative estimate of drug-likeness (QED) is 0.118. The summed E-state index contributed by atoms with van der Waals surface area (Å²) in [7, 11) is -3.62. The number of hydrogen-bond donors (Lipinski definition) is 3. The van der Waals surface area contributed by atoms with Crippen molar-refractivity contribution in [3.05, 3.63) is 86.5 Å². The zero-order chi connectivity index (χ0) is 30.2. The number of nitrogens with two attached hydrogens (primary N) is 2. The van der Waals surface area contributed by atoms with Gasteiger partial charge in [0.1, 0.15) is 35.1 Å². The molecular weight excluding hydrogens is 564 g/mol. The SMILES string of the molecule is Cc1ccc(S(=O)(=O)OC2COC2)cc1.Nc1ccc(O)cc1[N+](=O)[O-].Nc1ccc(OC2COC2)cc1[N+](=O)[O-]. The van der Waals surface area contributed by atoms with Gasteiger partial charge in [-0.2, -0.15) is 8.42 Å². The van der Waals surface area contributed by atoms with Gasteiger partial charge in [-0.15, -0.1) is 0 Å². The second-order valence-corrected chi connectivity index (χ2v) is 10.4. The number of nitrogens with zero attached hydrogens (tertiary/aromatic N) is 2. The molecule has 2 aliphatic heterocycles. The van der Waals surface area contributed by atoms with Gasteiger partial charge in [0.25, 0.3) is 21.5 Å². The number of aryl methyl sites for hydroxylation is 1. The van der Waals surface area contributed by atoms with Gasteiger partial charge in [-0.25, -0.2) is 0 Å². The minimum Gasteiger partial charge on any atom is -0.508 e. The molecule has 2 saturated heterocycles. The number of rotatable bonds is 7. The summed E-state index contributed by atoms with van der Waals surface area (Å²) in [4.78, 5) is 19.8. The molecule has 0 atom stereocenters. The van der Waals surface area contributed by atoms with Crippen LogP contribution in [-0.2, 0) is 23.8 Å². The second kappa shape index (κ2) is 13.7. The Hall–Kier alpha value is -4.51. The van der Waals surface area contributed by atoms with E-state index in [0.29, 0.717) is 32.2 Å². The van der Waals surface area contributed by atoms with Crippen molar-refractivity contribution >= 4 is 32.9 Å². The molecule has 2 fully saturated rings. The average molecular weight is 593 g/mol. The summed E-state index contributed by atoms with van der Waals surface area (Å²) in [5.41, 5.74) is 11.5. The summed E-state index contributed by atoms with van der Waals surface area (Å²) in [5, 5.41) is 29.6. The highest BCUT2D eigenvalue weighted by Crippen LogP contribution is 2.28. The molecule has 2 heterocycles. The lowest BCUT2D eigenvalue weighted by Gasteiger charge is -2.26. The van der Waals surface area contributed by atoms with Gasteiger partial charge in [-0.3, -0.25) is 24.4 Å². The van der Waals surface area contributed by atoms with Gasteiger partial charge in [-0.05, 0) is 43.3 Å². The van der Waals surface area contributed by atoms with Crippen LogP contribution in [-0.4, -0.2) is 62.0 Å². The van der Waals surface area contributed by atoms with E-state index in [0.717, 1.165) is 11.6 Å². The average Bonchev–Trinajstić information content (AvgIpc) is 2.87. The van der Waals surface area contributed by atoms with E-state index in [1.54, 1.807) is 30.3 Å². The fourth-order valence-electron chi connectivity index (χ4n) is 3.13. The lowest BCUT2D eigenvalue weighted by atomic mass is 10.2. The second-order valence-electron chi connectivity index (χ2n) is 8.78. The molecule has 3 aromatic carbocycles. The van der Waals surface area contributed by atoms with Gasteiger partial charge in [0.15, 0.2) is 0 Å². The predicted molar refractivity (Wildman–Crippen MR) is 146 cm³/mol. The fourth-order valence-corrected chi connectivity index (χ4v) is 4.18. The maximum Gasteiger partial charge on any atom is 0.297 e. The molecule has 0 spiro atoms. The first-order chi connectivity index (χ1) is 19.4. The Labute approximate surface area is 234 Å². The van der Waals surface area contributed by atoms with Crippen LogP contribution in [0.3, 0.4) is 0 Å². The first-order valence-electron chi connectivity index (χ1n) is 11.9. The number of nitro benzene ring substituents is 2. The Kier molecular flexibility index (Phi) is 10.4. The van der Waals surface area contributed by atoms with Crippen molar-refractivity contribution in [3.63, 3.8) is 0 Å². The van der Waals surface area contributed by atoms with E-state index in [4.69, 9.17) is 35.0 Å². The monoisotopic (exact) mass is 592 g/mol. The number of ether oxygens (including phenoxy) is 3. The molecule has 0 amide bonds. The highest BCUT2D eigenvalue weighted by molar-refractivity contribution is 7.86. The number of hydrogen-bond acceptors (Lipinski definition) is 13. The number of aromatic hydroxyl groups is 1. The van der Waals surface area contributed by atoms with Crippen LogP contribution in [0.5, 0.6) is 11.5 Å². The number of anilines is 2. The number of phenolic OH excluding ortho intramolecular Hbond substituents is 1. The third-order valence-corrected chi connectivity index (χ3v) is 6.87. The first-order valence-corrected chi connectivity index (χ1v) is 13.4. The van der Waals surface area contributed by atoms with Crippen molar-refractivity contribution in [1.29, 1.82) is 0 Å². The normalized spacial score (nSPS) is 14.7. The Balaban J connectivity index is 0.000000172. The first kappa shape index (κ1) is 31.0. The van der Waals surface area contributed by atoms with Gasteiger partial charge in [0, 0.05) is 0 Å². The molecule has 0 radical (unpaired) electrons. The van der Waals surface area contributed by atoms with Gasteiger partial charge in [0.05, 0.1) is 53.3 Å². The third kappa shape index (κ3) is 9.00. The molecule has 0 aliphatic carbocycles. The molecule has 5 rings (SSSR count). The number of nitro groups is 2. The van der Waals surface area contributed by atoms with E-state index in [9.17, 15) is 28.6 Å². The van der Waals surface area contributed by atoms with Crippen molar-refractivity contribution in [3.8, 4) is 11.5 Å². The maximum absolute atomic E-state index is 11.7. The molecule has 0 saturated carbocycles. The molecular formula is C25H28N4O11S. The number of nitrogen functional groups attached to an aromatic ring is 2. The van der Waals surface area contributed by atoms with Gasteiger partial charge in [-0.1, -0.05) is 17.7 Å². The molecule has 5 N–H and O–H groups in total. The molecule has 0 aromatic heterocycles. The van der Waals surface area contributed by atoms with E-state index in [1.807, 2.05) is 6.92 Å². The summed E-state index contributed by atoms with van der Waals surface area (Å²) in [6, 6.07) is 14.6. The van der Waals surface area contributed by atoms with Crippen molar-refractivity contribution in [2.75, 3.05) is 37.9 Å². The topological polar surface area (TPSA) is 230 Å². The van der Waals surface area contributed by atoms with Crippen LogP contribution in [0.15, 0.2) is 65.6 Å². The number of benzene rings is 3. The van der Waals surface area contributed by atoms with Crippen LogP contribution in [0.25, 0.3) is 0 Å². The molecule has 2 aliphatic rings. The minimum absolute atomic E-state index is 0.00627. The molecule has 41 heavy (non-hydrogen) atoms. The summed E-state index contributed by atoms with van der Waals surface area (Å²) in [6.07, 6.45) is -0.329. The minimum atomic E-state index is -3.62. The van der Waals surface area contributed by atoms with Crippen molar-refractivity contribution in [2.45, 2.75) is 24.0 Å². The Bertz CT molecular complexity index is 1480. The van der Waals surface area contributed by atoms with E-state index < -0.39 is 20.0 Å². The van der Waals surface area contributed by atoms with E-state index in [1.165, 1.54) is 24.3 Å². The maximum atomic E-state index is 11.7. The Morgan fingerprint density at radius 2 is 1.34 bits per heavy atom. The van der Waals surface area contributed by atoms with Crippen LogP contribution in [0, 0.1) is 27.2 Å². The van der Waals surface area contributed by atoms with Crippen LogP contribution in [0.4, 0.5) is 22.7 Å². The molecule has 0 unspecified atom stereocenters. The van der Waals surface area contributed by atoms with E-state index in [2.05, 4.69) is 0 Å². The fraction of sp³-hybridized carbons (Fsp3) is 0.280. The zero-order valence-electron chi connectivity index (χ0n) is 21.7. The summed E-state index contributed by atoms with van der Waals surface area (Å²) >= 11 is 0. The lowest BCUT2D eigenvalue weighted by molar-refractivity contribution is -0.384. The van der Waals surface area contributed by atoms with Crippen LogP contribution in [0.1, 0.15) is 5.56 Å². The van der Waals surface area contributed by atoms with Gasteiger partial charge >= 0.3 is 0 Å². The van der Waals surface area contributed by atoms with Crippen LogP contribution in [0.2, 0.25) is 0 Å². The van der Waals surface area contributed by atoms with Crippen LogP contribution < -0.4 is 16.2 Å². The molecule has 220 valence electrons. The van der Waals surface area contributed by atoms with Gasteiger partial charge in [0.2, 0.25) is 0 Å². The zero-order valence-corrected chi connectivity index (χ0v) is 22.6. The summed E-state index contributed by atoms with van der Waals surface area (Å²) in [5.74, 6) is 0.287. The van der Waals surface area contributed by atoms with Crippen molar-refractivity contribution in [1.82, 2.24) is 0 Å². The summed E-state index contributed by atoms with van der Waals surface area (Å²) in [6.45, 7) is 3.66. The smallest absolute Gasteiger partial charge is 0.297 e. The van der Waals surface area contributed by atoms with Crippen LogP contribution >= 0.6 is 0 Å². The molecule has 15 nitrogen and oxygen atoms in total. The highest BCUT2D eigenvalue weighted by atomic mass is 32.2. The third-order valence-electron chi connectivity index (χ3n) is 5.50. The largest absolute Gasteiger partial charge is 0.508 e. The Morgan fingerprint density at radius 1 is 0.829 bits per heavy atom. The van der Waals surface area contributed by atoms with E-state index >= 15 is 0 Å². The predicted octanol–water partition coefficient (Wildman–Crippen LogP) is 2.94. The van der Waals surface area contributed by atoms with E-state index in [-0.39, 0.29) is 45.6 Å². The molecule has 3 aromatic rings.